The van der Waals surface area contributed by atoms with Crippen LogP contribution in [0.1, 0.15) is 21.5 Å². The largest absolute Gasteiger partial charge is 0.399 e. The average Bonchev–Trinajstić information content (AvgIpc) is 2.43. The Morgan fingerprint density at radius 3 is 2.81 bits per heavy atom. The highest BCUT2D eigenvalue weighted by atomic mass is 19.1. The molecule has 0 heterocycles. The van der Waals surface area contributed by atoms with E-state index in [2.05, 4.69) is 5.32 Å². The van der Waals surface area contributed by atoms with Gasteiger partial charge in [-0.3, -0.25) is 4.79 Å². The number of hydrogen-bond acceptors (Lipinski definition) is 3. The number of nitrogens with one attached hydrogen (secondary N) is 1. The Kier molecular flexibility index (Phi) is 4.55. The summed E-state index contributed by atoms with van der Waals surface area (Å²) >= 11 is 0. The molecule has 0 atom stereocenters. The maximum atomic E-state index is 14.0. The molecule has 1 amide bonds. The van der Waals surface area contributed by atoms with E-state index < -0.39 is 11.7 Å². The summed E-state index contributed by atoms with van der Waals surface area (Å²) < 4.78 is 19.0. The number of methoxy groups -OCH3 is 1. The Hall–Kier alpha value is -2.40. The number of carbonyl (C=O) groups is 1. The van der Waals surface area contributed by atoms with Crippen molar-refractivity contribution in [2.45, 2.75) is 13.5 Å². The van der Waals surface area contributed by atoms with Gasteiger partial charge in [-0.25, -0.2) is 4.39 Å². The van der Waals surface area contributed by atoms with E-state index in [-0.39, 0.29) is 5.56 Å². The van der Waals surface area contributed by atoms with E-state index in [1.807, 2.05) is 6.07 Å². The van der Waals surface area contributed by atoms with E-state index in [9.17, 15) is 9.18 Å². The minimum Gasteiger partial charge on any atom is -0.399 e. The molecule has 5 heteroatoms. The van der Waals surface area contributed by atoms with Crippen molar-refractivity contribution in [2.75, 3.05) is 18.2 Å². The number of rotatable bonds is 4. The first-order chi connectivity index (χ1) is 10.0. The number of amides is 1. The van der Waals surface area contributed by atoms with E-state index in [1.165, 1.54) is 12.1 Å². The standard InChI is InChI=1S/C16H17FN2O2/c1-10-6-12(18)8-14(15(10)17)16(20)19-13-5-3-4-11(7-13)9-21-2/h3-8H,9,18H2,1-2H3,(H,19,20). The lowest BCUT2D eigenvalue weighted by Crippen LogP contribution is -2.15. The number of aryl methyl sites for hydroxylation is 1. The first kappa shape index (κ1) is 15.0. The van der Waals surface area contributed by atoms with Gasteiger partial charge in [-0.15, -0.1) is 0 Å². The molecule has 2 aromatic rings. The molecule has 0 saturated heterocycles. The van der Waals surface area contributed by atoms with Crippen molar-refractivity contribution in [2.24, 2.45) is 0 Å². The third-order valence-electron chi connectivity index (χ3n) is 3.02. The van der Waals surface area contributed by atoms with Crippen LogP contribution in [0.3, 0.4) is 0 Å². The van der Waals surface area contributed by atoms with Crippen molar-refractivity contribution in [1.29, 1.82) is 0 Å². The van der Waals surface area contributed by atoms with Gasteiger partial charge in [-0.1, -0.05) is 12.1 Å². The maximum Gasteiger partial charge on any atom is 0.258 e. The number of carbonyl (C=O) groups excluding carboxylic acids is 1. The minimum atomic E-state index is -0.560. The molecule has 0 bridgehead atoms. The zero-order valence-corrected chi connectivity index (χ0v) is 11.9. The topological polar surface area (TPSA) is 64.3 Å². The van der Waals surface area contributed by atoms with Crippen molar-refractivity contribution >= 4 is 17.3 Å². The molecule has 0 saturated carbocycles. The lowest BCUT2D eigenvalue weighted by Gasteiger charge is -2.10. The first-order valence-electron chi connectivity index (χ1n) is 6.46. The van der Waals surface area contributed by atoms with Crippen LogP contribution in [-0.2, 0) is 11.3 Å². The van der Waals surface area contributed by atoms with Crippen LogP contribution >= 0.6 is 0 Å². The van der Waals surface area contributed by atoms with E-state index in [4.69, 9.17) is 10.5 Å². The molecule has 3 N–H and O–H groups in total. The number of benzene rings is 2. The molecule has 0 unspecified atom stereocenters. The highest BCUT2D eigenvalue weighted by Gasteiger charge is 2.15. The summed E-state index contributed by atoms with van der Waals surface area (Å²) in [6.45, 7) is 2.01. The number of hydrogen-bond donors (Lipinski definition) is 2. The number of nitrogen functional groups attached to an aromatic ring is 1. The van der Waals surface area contributed by atoms with Crippen LogP contribution < -0.4 is 11.1 Å². The smallest absolute Gasteiger partial charge is 0.258 e. The van der Waals surface area contributed by atoms with Gasteiger partial charge in [0.05, 0.1) is 12.2 Å². The molecular formula is C16H17FN2O2. The predicted molar refractivity (Wildman–Crippen MR) is 80.7 cm³/mol. The molecule has 0 aliphatic carbocycles. The lowest BCUT2D eigenvalue weighted by atomic mass is 10.1. The molecule has 0 radical (unpaired) electrons. The minimum absolute atomic E-state index is 0.0651. The summed E-state index contributed by atoms with van der Waals surface area (Å²) in [5.41, 5.74) is 7.78. The van der Waals surface area contributed by atoms with Gasteiger partial charge in [-0.05, 0) is 42.3 Å². The summed E-state index contributed by atoms with van der Waals surface area (Å²) in [7, 11) is 1.59. The fraction of sp³-hybridized carbons (Fsp3) is 0.188. The van der Waals surface area contributed by atoms with E-state index >= 15 is 0 Å². The van der Waals surface area contributed by atoms with Gasteiger partial charge in [0.2, 0.25) is 0 Å². The molecule has 0 spiro atoms. The Labute approximate surface area is 122 Å². The van der Waals surface area contributed by atoms with Gasteiger partial charge in [-0.2, -0.15) is 0 Å². The number of ether oxygens (including phenoxy) is 1. The monoisotopic (exact) mass is 288 g/mol. The molecule has 110 valence electrons. The van der Waals surface area contributed by atoms with E-state index in [1.54, 1.807) is 32.2 Å². The molecule has 0 aliphatic heterocycles. The summed E-state index contributed by atoms with van der Waals surface area (Å²) in [6, 6.07) is 10.0. The highest BCUT2D eigenvalue weighted by molar-refractivity contribution is 6.05. The van der Waals surface area contributed by atoms with Crippen molar-refractivity contribution in [1.82, 2.24) is 0 Å². The molecule has 2 rings (SSSR count). The molecule has 0 fully saturated rings. The average molecular weight is 288 g/mol. The zero-order valence-electron chi connectivity index (χ0n) is 11.9. The van der Waals surface area contributed by atoms with Crippen LogP contribution in [0.15, 0.2) is 36.4 Å². The third-order valence-corrected chi connectivity index (χ3v) is 3.02. The molecule has 0 aliphatic rings. The Bertz CT molecular complexity index is 671. The Morgan fingerprint density at radius 2 is 2.10 bits per heavy atom. The summed E-state index contributed by atoms with van der Waals surface area (Å²) in [5, 5.41) is 2.66. The van der Waals surface area contributed by atoms with Crippen LogP contribution in [0.5, 0.6) is 0 Å². The van der Waals surface area contributed by atoms with Gasteiger partial charge < -0.3 is 15.8 Å². The summed E-state index contributed by atoms with van der Waals surface area (Å²) in [4.78, 5) is 12.2. The van der Waals surface area contributed by atoms with Crippen molar-refractivity contribution in [3.63, 3.8) is 0 Å². The van der Waals surface area contributed by atoms with Gasteiger partial charge in [0.25, 0.3) is 5.91 Å². The molecular weight excluding hydrogens is 271 g/mol. The quantitative estimate of drug-likeness (QED) is 0.850. The van der Waals surface area contributed by atoms with Crippen LogP contribution in [-0.4, -0.2) is 13.0 Å². The molecule has 4 nitrogen and oxygen atoms in total. The molecule has 21 heavy (non-hydrogen) atoms. The van der Waals surface area contributed by atoms with Crippen LogP contribution in [0.2, 0.25) is 0 Å². The highest BCUT2D eigenvalue weighted by Crippen LogP contribution is 2.19. The van der Waals surface area contributed by atoms with Gasteiger partial charge >= 0.3 is 0 Å². The van der Waals surface area contributed by atoms with Gasteiger partial charge in [0.1, 0.15) is 5.82 Å². The third kappa shape index (κ3) is 3.58. The summed E-state index contributed by atoms with van der Waals surface area (Å²) in [6.07, 6.45) is 0. The molecule has 0 aromatic heterocycles. The van der Waals surface area contributed by atoms with Gasteiger partial charge in [0.15, 0.2) is 0 Å². The predicted octanol–water partition coefficient (Wildman–Crippen LogP) is 3.12. The lowest BCUT2D eigenvalue weighted by molar-refractivity contribution is 0.102. The number of halogens is 1. The zero-order chi connectivity index (χ0) is 15.4. The normalized spacial score (nSPS) is 10.4. The Balaban J connectivity index is 2.24. The van der Waals surface area contributed by atoms with Crippen LogP contribution in [0, 0.1) is 12.7 Å². The van der Waals surface area contributed by atoms with Crippen molar-refractivity contribution in [3.8, 4) is 0 Å². The maximum absolute atomic E-state index is 14.0. The molecule has 2 aromatic carbocycles. The summed E-state index contributed by atoms with van der Waals surface area (Å²) in [5.74, 6) is -1.09. The van der Waals surface area contributed by atoms with Gasteiger partial charge in [0, 0.05) is 18.5 Å². The number of nitrogens with two attached hydrogens (primary N) is 1. The van der Waals surface area contributed by atoms with Crippen molar-refractivity contribution < 1.29 is 13.9 Å². The fourth-order valence-corrected chi connectivity index (χ4v) is 2.07. The van der Waals surface area contributed by atoms with E-state index in [0.717, 1.165) is 5.56 Å². The van der Waals surface area contributed by atoms with Crippen molar-refractivity contribution in [3.05, 3.63) is 58.9 Å². The second-order valence-electron chi connectivity index (χ2n) is 4.79. The van der Waals surface area contributed by atoms with Crippen LogP contribution in [0.25, 0.3) is 0 Å². The second kappa shape index (κ2) is 6.37. The second-order valence-corrected chi connectivity index (χ2v) is 4.79. The Morgan fingerprint density at radius 1 is 1.33 bits per heavy atom. The first-order valence-corrected chi connectivity index (χ1v) is 6.46. The fourth-order valence-electron chi connectivity index (χ4n) is 2.07. The number of anilines is 2. The van der Waals surface area contributed by atoms with E-state index in [0.29, 0.717) is 23.5 Å². The SMILES string of the molecule is COCc1cccc(NC(=O)c2cc(N)cc(C)c2F)c1. The van der Waals surface area contributed by atoms with Crippen LogP contribution in [0.4, 0.5) is 15.8 Å².